The fourth-order valence-electron chi connectivity index (χ4n) is 3.63. The highest BCUT2D eigenvalue weighted by atomic mass is 35.5. The Morgan fingerprint density at radius 1 is 1.16 bits per heavy atom. The number of nitrogens with one attached hydrogen (secondary N) is 2. The monoisotopic (exact) mass is 463 g/mol. The molecule has 10 heteroatoms. The maximum Gasteiger partial charge on any atom is 0.248 e. The molecule has 1 fully saturated rings. The number of piperidine rings is 1. The Morgan fingerprint density at radius 2 is 1.97 bits per heavy atom. The molecule has 0 radical (unpaired) electrons. The molecule has 4 rings (SSSR count). The van der Waals surface area contributed by atoms with E-state index in [9.17, 15) is 22.4 Å². The lowest BCUT2D eigenvalue weighted by Crippen LogP contribution is -2.43. The number of rotatable bonds is 4. The molecule has 1 aromatic heterocycles. The van der Waals surface area contributed by atoms with E-state index in [4.69, 9.17) is 11.6 Å². The Labute approximate surface area is 182 Å². The summed E-state index contributed by atoms with van der Waals surface area (Å²) >= 11 is 5.75. The molecule has 0 bridgehead atoms. The van der Waals surface area contributed by atoms with Crippen molar-refractivity contribution in [3.8, 4) is 0 Å². The first-order chi connectivity index (χ1) is 14.7. The number of fused-ring (bicyclic) bond motifs is 1. The van der Waals surface area contributed by atoms with E-state index in [1.165, 1.54) is 34.6 Å². The first kappa shape index (κ1) is 21.5. The highest BCUT2D eigenvalue weighted by Gasteiger charge is 2.33. The van der Waals surface area contributed by atoms with Crippen molar-refractivity contribution in [1.82, 2.24) is 9.29 Å². The van der Waals surface area contributed by atoms with Gasteiger partial charge in [-0.25, -0.2) is 12.8 Å². The van der Waals surface area contributed by atoms with Crippen molar-refractivity contribution in [2.75, 3.05) is 18.4 Å². The van der Waals surface area contributed by atoms with Gasteiger partial charge in [0.05, 0.1) is 15.8 Å². The third-order valence-electron chi connectivity index (χ3n) is 5.27. The van der Waals surface area contributed by atoms with Crippen LogP contribution in [0.2, 0.25) is 5.02 Å². The Hall–Kier alpha value is -2.75. The number of sulfonamides is 1. The second kappa shape index (κ2) is 8.41. The molecular formula is C21H19ClFN3O4S. The first-order valence-electron chi connectivity index (χ1n) is 9.63. The number of aromatic amines is 1. The van der Waals surface area contributed by atoms with Gasteiger partial charge in [-0.2, -0.15) is 4.31 Å². The summed E-state index contributed by atoms with van der Waals surface area (Å²) in [6.07, 6.45) is 1.06. The molecule has 0 aliphatic carbocycles. The predicted molar refractivity (Wildman–Crippen MR) is 116 cm³/mol. The summed E-state index contributed by atoms with van der Waals surface area (Å²) in [5.74, 6) is -1.49. The zero-order chi connectivity index (χ0) is 22.2. The van der Waals surface area contributed by atoms with Gasteiger partial charge in [0, 0.05) is 30.4 Å². The molecule has 0 unspecified atom stereocenters. The van der Waals surface area contributed by atoms with Gasteiger partial charge in [0.1, 0.15) is 5.82 Å². The molecule has 0 saturated carbocycles. The molecule has 1 aliphatic rings. The lowest BCUT2D eigenvalue weighted by atomic mass is 9.99. The van der Waals surface area contributed by atoms with E-state index in [1.807, 2.05) is 0 Å². The molecule has 3 aromatic rings. The van der Waals surface area contributed by atoms with Crippen molar-refractivity contribution in [2.24, 2.45) is 5.92 Å². The number of aromatic nitrogens is 1. The van der Waals surface area contributed by atoms with Crippen molar-refractivity contribution in [3.63, 3.8) is 0 Å². The van der Waals surface area contributed by atoms with Gasteiger partial charge in [0.15, 0.2) is 0 Å². The molecule has 1 amide bonds. The van der Waals surface area contributed by atoms with Crippen LogP contribution in [-0.2, 0) is 14.8 Å². The van der Waals surface area contributed by atoms with Crippen LogP contribution in [0.4, 0.5) is 10.1 Å². The Kier molecular flexibility index (Phi) is 5.83. The minimum Gasteiger partial charge on any atom is -0.326 e. The van der Waals surface area contributed by atoms with E-state index < -0.39 is 21.8 Å². The minimum atomic E-state index is -3.82. The number of pyridine rings is 1. The second-order valence-corrected chi connectivity index (χ2v) is 9.74. The minimum absolute atomic E-state index is 0.0345. The summed E-state index contributed by atoms with van der Waals surface area (Å²) in [6.45, 7) is 0.338. The molecule has 162 valence electrons. The maximum atomic E-state index is 13.3. The quantitative estimate of drug-likeness (QED) is 0.619. The number of benzene rings is 2. The van der Waals surface area contributed by atoms with Crippen molar-refractivity contribution in [2.45, 2.75) is 17.7 Å². The van der Waals surface area contributed by atoms with Crippen LogP contribution < -0.4 is 10.9 Å². The summed E-state index contributed by atoms with van der Waals surface area (Å²) in [7, 11) is -3.82. The maximum absolute atomic E-state index is 13.3. The largest absolute Gasteiger partial charge is 0.326 e. The topological polar surface area (TPSA) is 99.3 Å². The van der Waals surface area contributed by atoms with Crippen LogP contribution in [0.1, 0.15) is 12.8 Å². The summed E-state index contributed by atoms with van der Waals surface area (Å²) in [6, 6.07) is 11.3. The third-order valence-corrected chi connectivity index (χ3v) is 7.43. The van der Waals surface area contributed by atoms with Crippen molar-refractivity contribution in [1.29, 1.82) is 0 Å². The third kappa shape index (κ3) is 4.48. The fourth-order valence-corrected chi connectivity index (χ4v) is 5.38. The lowest BCUT2D eigenvalue weighted by molar-refractivity contribution is -0.120. The number of hydrogen-bond acceptors (Lipinski definition) is 4. The van der Waals surface area contributed by atoms with E-state index in [2.05, 4.69) is 10.3 Å². The van der Waals surface area contributed by atoms with Gasteiger partial charge >= 0.3 is 0 Å². The van der Waals surface area contributed by atoms with E-state index in [-0.39, 0.29) is 27.9 Å². The molecule has 1 aliphatic heterocycles. The molecule has 2 heterocycles. The zero-order valence-electron chi connectivity index (χ0n) is 16.3. The van der Waals surface area contributed by atoms with E-state index in [0.29, 0.717) is 36.0 Å². The van der Waals surface area contributed by atoms with Crippen LogP contribution in [-0.4, -0.2) is 36.7 Å². The van der Waals surface area contributed by atoms with E-state index in [1.54, 1.807) is 12.1 Å². The number of hydrogen-bond donors (Lipinski definition) is 2. The van der Waals surface area contributed by atoms with Crippen LogP contribution in [0.15, 0.2) is 58.2 Å². The standard InChI is InChI=1S/C21H19ClFN3O4S/c22-17-11-15(4-6-18(17)23)24-21(28)14-2-1-9-26(12-14)31(29,30)16-5-7-19-13(10-16)3-8-20(27)25-19/h3-8,10-11,14H,1-2,9,12H2,(H,24,28)(H,25,27)/t14-/m1/s1. The molecule has 1 atom stereocenters. The molecule has 0 spiro atoms. The predicted octanol–water partition coefficient (Wildman–Crippen LogP) is 3.36. The van der Waals surface area contributed by atoms with Crippen LogP contribution >= 0.6 is 11.6 Å². The highest BCUT2D eigenvalue weighted by Crippen LogP contribution is 2.27. The highest BCUT2D eigenvalue weighted by molar-refractivity contribution is 7.89. The summed E-state index contributed by atoms with van der Waals surface area (Å²) in [5, 5.41) is 3.16. The molecule has 7 nitrogen and oxygen atoms in total. The number of H-pyrrole nitrogens is 1. The molecule has 31 heavy (non-hydrogen) atoms. The van der Waals surface area contributed by atoms with Crippen molar-refractivity contribution >= 4 is 44.1 Å². The van der Waals surface area contributed by atoms with Crippen molar-refractivity contribution in [3.05, 3.63) is 69.7 Å². The number of amides is 1. The van der Waals surface area contributed by atoms with Gasteiger partial charge in [-0.15, -0.1) is 0 Å². The number of carbonyl (C=O) groups excluding carboxylic acids is 1. The summed E-state index contributed by atoms with van der Waals surface area (Å²) in [4.78, 5) is 26.9. The van der Waals surface area contributed by atoms with Crippen LogP contribution in [0, 0.1) is 11.7 Å². The van der Waals surface area contributed by atoms with Gasteiger partial charge < -0.3 is 10.3 Å². The molecule has 2 N–H and O–H groups in total. The number of halogens is 2. The lowest BCUT2D eigenvalue weighted by Gasteiger charge is -2.31. The molecular weight excluding hydrogens is 445 g/mol. The summed E-state index contributed by atoms with van der Waals surface area (Å²) < 4.78 is 41.0. The van der Waals surface area contributed by atoms with Crippen LogP contribution in [0.5, 0.6) is 0 Å². The Morgan fingerprint density at radius 3 is 2.74 bits per heavy atom. The fraction of sp³-hybridized carbons (Fsp3) is 0.238. The molecule has 2 aromatic carbocycles. The zero-order valence-corrected chi connectivity index (χ0v) is 17.8. The molecule has 1 saturated heterocycles. The number of carbonyl (C=O) groups is 1. The summed E-state index contributed by atoms with van der Waals surface area (Å²) in [5.41, 5.74) is 0.621. The number of nitrogens with zero attached hydrogens (tertiary/aromatic N) is 1. The smallest absolute Gasteiger partial charge is 0.248 e. The van der Waals surface area contributed by atoms with Gasteiger partial charge in [0.25, 0.3) is 0 Å². The van der Waals surface area contributed by atoms with Crippen molar-refractivity contribution < 1.29 is 17.6 Å². The average Bonchev–Trinajstić information content (AvgIpc) is 2.76. The van der Waals surface area contributed by atoms with Gasteiger partial charge in [-0.3, -0.25) is 9.59 Å². The van der Waals surface area contributed by atoms with Crippen LogP contribution in [0.3, 0.4) is 0 Å². The SMILES string of the molecule is O=C(Nc1ccc(F)c(Cl)c1)[C@@H]1CCCN(S(=O)(=O)c2ccc3[nH]c(=O)ccc3c2)C1. The average molecular weight is 464 g/mol. The van der Waals surface area contributed by atoms with Gasteiger partial charge in [-0.05, 0) is 60.7 Å². The Balaban J connectivity index is 1.53. The van der Waals surface area contributed by atoms with Gasteiger partial charge in [0.2, 0.25) is 21.5 Å². The van der Waals surface area contributed by atoms with Crippen LogP contribution in [0.25, 0.3) is 10.9 Å². The Bertz CT molecular complexity index is 1330. The number of anilines is 1. The first-order valence-corrected chi connectivity index (χ1v) is 11.4. The van der Waals surface area contributed by atoms with Gasteiger partial charge in [-0.1, -0.05) is 11.6 Å². The van der Waals surface area contributed by atoms with E-state index >= 15 is 0 Å². The van der Waals surface area contributed by atoms with E-state index in [0.717, 1.165) is 6.07 Å². The normalized spacial score (nSPS) is 17.5. The second-order valence-electron chi connectivity index (χ2n) is 7.39.